The van der Waals surface area contributed by atoms with Gasteiger partial charge in [0.15, 0.2) is 4.34 Å². The Morgan fingerprint density at radius 3 is 2.50 bits per heavy atom. The van der Waals surface area contributed by atoms with Gasteiger partial charge in [0.2, 0.25) is 5.91 Å². The molecule has 0 saturated carbocycles. The van der Waals surface area contributed by atoms with Crippen molar-refractivity contribution >= 4 is 29.0 Å². The van der Waals surface area contributed by atoms with Gasteiger partial charge in [0.1, 0.15) is 0 Å². The highest BCUT2D eigenvalue weighted by Gasteiger charge is 2.13. The Morgan fingerprint density at radius 2 is 1.86 bits per heavy atom. The Balaban J connectivity index is 1.92. The molecular formula is C17H22N2OS2. The van der Waals surface area contributed by atoms with Gasteiger partial charge in [-0.3, -0.25) is 4.79 Å². The SMILES string of the molecule is CCCN(CCC)C(=O)CSc1nc(-c2ccccc2)cs1. The minimum atomic E-state index is 0.213. The summed E-state index contributed by atoms with van der Waals surface area (Å²) in [6.07, 6.45) is 2.01. The molecule has 0 unspecified atom stereocenters. The zero-order valence-electron chi connectivity index (χ0n) is 13.1. The second-order valence-electron chi connectivity index (χ2n) is 5.03. The van der Waals surface area contributed by atoms with Crippen LogP contribution in [0.2, 0.25) is 0 Å². The number of nitrogens with zero attached hydrogens (tertiary/aromatic N) is 2. The highest BCUT2D eigenvalue weighted by Crippen LogP contribution is 2.28. The monoisotopic (exact) mass is 334 g/mol. The first-order chi connectivity index (χ1) is 10.7. The van der Waals surface area contributed by atoms with Gasteiger partial charge in [-0.25, -0.2) is 4.98 Å². The van der Waals surface area contributed by atoms with Gasteiger partial charge < -0.3 is 4.90 Å². The molecule has 0 fully saturated rings. The average molecular weight is 335 g/mol. The molecule has 1 heterocycles. The van der Waals surface area contributed by atoms with Crippen LogP contribution in [0.1, 0.15) is 26.7 Å². The standard InChI is InChI=1S/C17H22N2OS2/c1-3-10-19(11-4-2)16(20)13-22-17-18-15(12-21-17)14-8-6-5-7-9-14/h5-9,12H,3-4,10-11,13H2,1-2H3. The van der Waals surface area contributed by atoms with Crippen molar-refractivity contribution in [2.45, 2.75) is 31.0 Å². The van der Waals surface area contributed by atoms with Crippen LogP contribution < -0.4 is 0 Å². The molecule has 0 atom stereocenters. The molecule has 0 saturated heterocycles. The molecule has 2 rings (SSSR count). The minimum absolute atomic E-state index is 0.213. The van der Waals surface area contributed by atoms with Gasteiger partial charge in [-0.15, -0.1) is 11.3 Å². The molecule has 1 aromatic heterocycles. The summed E-state index contributed by atoms with van der Waals surface area (Å²) in [5, 5.41) is 2.05. The van der Waals surface area contributed by atoms with Crippen molar-refractivity contribution in [1.82, 2.24) is 9.88 Å². The molecule has 0 spiro atoms. The Hall–Kier alpha value is -1.33. The number of hydrogen-bond acceptors (Lipinski definition) is 4. The summed E-state index contributed by atoms with van der Waals surface area (Å²) in [6, 6.07) is 10.1. The fraction of sp³-hybridized carbons (Fsp3) is 0.412. The van der Waals surface area contributed by atoms with Gasteiger partial charge >= 0.3 is 0 Å². The van der Waals surface area contributed by atoms with Gasteiger partial charge in [0.25, 0.3) is 0 Å². The fourth-order valence-corrected chi connectivity index (χ4v) is 3.92. The maximum atomic E-state index is 12.3. The smallest absolute Gasteiger partial charge is 0.233 e. The first kappa shape index (κ1) is 17.0. The number of carbonyl (C=O) groups excluding carboxylic acids is 1. The van der Waals surface area contributed by atoms with E-state index >= 15 is 0 Å². The normalized spacial score (nSPS) is 10.6. The number of thioether (sulfide) groups is 1. The van der Waals surface area contributed by atoms with Gasteiger partial charge in [0.05, 0.1) is 11.4 Å². The second kappa shape index (κ2) is 8.96. The third-order valence-corrected chi connectivity index (χ3v) is 5.22. The van der Waals surface area contributed by atoms with Crippen molar-refractivity contribution in [3.05, 3.63) is 35.7 Å². The summed E-state index contributed by atoms with van der Waals surface area (Å²) in [5.74, 6) is 0.687. The molecule has 1 amide bonds. The Kier molecular flexibility index (Phi) is 6.93. The molecule has 0 aliphatic heterocycles. The zero-order chi connectivity index (χ0) is 15.8. The first-order valence-corrected chi connectivity index (χ1v) is 9.52. The molecular weight excluding hydrogens is 312 g/mol. The Bertz CT molecular complexity index is 577. The molecule has 3 nitrogen and oxygen atoms in total. The number of hydrogen-bond donors (Lipinski definition) is 0. The topological polar surface area (TPSA) is 33.2 Å². The number of aromatic nitrogens is 1. The second-order valence-corrected chi connectivity index (χ2v) is 7.11. The molecule has 0 N–H and O–H groups in total. The van der Waals surface area contributed by atoms with Crippen LogP contribution in [0.25, 0.3) is 11.3 Å². The fourth-order valence-electron chi connectivity index (χ4n) is 2.18. The summed E-state index contributed by atoms with van der Waals surface area (Å²) >= 11 is 3.15. The van der Waals surface area contributed by atoms with E-state index in [4.69, 9.17) is 0 Å². The van der Waals surface area contributed by atoms with Gasteiger partial charge in [-0.2, -0.15) is 0 Å². The van der Waals surface area contributed by atoms with Gasteiger partial charge in [-0.05, 0) is 12.8 Å². The van der Waals surface area contributed by atoms with E-state index in [1.54, 1.807) is 23.1 Å². The number of amides is 1. The molecule has 0 radical (unpaired) electrons. The molecule has 1 aromatic carbocycles. The lowest BCUT2D eigenvalue weighted by Crippen LogP contribution is -2.33. The Morgan fingerprint density at radius 1 is 1.18 bits per heavy atom. The minimum Gasteiger partial charge on any atom is -0.342 e. The van der Waals surface area contributed by atoms with E-state index in [9.17, 15) is 4.79 Å². The third kappa shape index (κ3) is 4.85. The predicted molar refractivity (Wildman–Crippen MR) is 95.4 cm³/mol. The van der Waals surface area contributed by atoms with Crippen LogP contribution in [0.15, 0.2) is 40.1 Å². The van der Waals surface area contributed by atoms with E-state index in [1.165, 1.54) is 0 Å². The molecule has 0 bridgehead atoms. The molecule has 2 aromatic rings. The number of thiazole rings is 1. The summed E-state index contributed by atoms with van der Waals surface area (Å²) < 4.78 is 0.958. The molecule has 118 valence electrons. The summed E-state index contributed by atoms with van der Waals surface area (Å²) in [6.45, 7) is 5.91. The zero-order valence-corrected chi connectivity index (χ0v) is 14.8. The van der Waals surface area contributed by atoms with Crippen LogP contribution in [0.3, 0.4) is 0 Å². The van der Waals surface area contributed by atoms with Gasteiger partial charge in [-0.1, -0.05) is 55.9 Å². The lowest BCUT2D eigenvalue weighted by Gasteiger charge is -2.20. The van der Waals surface area contributed by atoms with E-state index < -0.39 is 0 Å². The lowest BCUT2D eigenvalue weighted by molar-refractivity contribution is -0.128. The average Bonchev–Trinajstić information content (AvgIpc) is 3.02. The molecule has 0 aliphatic rings. The van der Waals surface area contributed by atoms with E-state index in [0.717, 1.165) is 41.5 Å². The first-order valence-electron chi connectivity index (χ1n) is 7.66. The summed E-state index contributed by atoms with van der Waals surface area (Å²) in [7, 11) is 0. The van der Waals surface area contributed by atoms with E-state index in [0.29, 0.717) is 5.75 Å². The van der Waals surface area contributed by atoms with E-state index in [2.05, 4.69) is 36.3 Å². The summed E-state index contributed by atoms with van der Waals surface area (Å²) in [5.41, 5.74) is 2.11. The maximum absolute atomic E-state index is 12.3. The molecule has 22 heavy (non-hydrogen) atoms. The quantitative estimate of drug-likeness (QED) is 0.664. The number of carbonyl (C=O) groups is 1. The van der Waals surface area contributed by atoms with E-state index in [1.807, 2.05) is 23.1 Å². The molecule has 5 heteroatoms. The van der Waals surface area contributed by atoms with Crippen LogP contribution in [0, 0.1) is 0 Å². The van der Waals surface area contributed by atoms with Crippen molar-refractivity contribution in [3.8, 4) is 11.3 Å². The van der Waals surface area contributed by atoms with Crippen molar-refractivity contribution in [2.75, 3.05) is 18.8 Å². The highest BCUT2D eigenvalue weighted by molar-refractivity contribution is 8.01. The van der Waals surface area contributed by atoms with Gasteiger partial charge in [0, 0.05) is 24.0 Å². The largest absolute Gasteiger partial charge is 0.342 e. The Labute approximate surface area is 140 Å². The van der Waals surface area contributed by atoms with Crippen LogP contribution in [-0.2, 0) is 4.79 Å². The third-order valence-electron chi connectivity index (χ3n) is 3.21. The predicted octanol–water partition coefficient (Wildman–Crippen LogP) is 4.55. The number of benzene rings is 1. The van der Waals surface area contributed by atoms with Crippen molar-refractivity contribution in [1.29, 1.82) is 0 Å². The van der Waals surface area contributed by atoms with Crippen LogP contribution >= 0.6 is 23.1 Å². The highest BCUT2D eigenvalue weighted by atomic mass is 32.2. The van der Waals surface area contributed by atoms with Crippen molar-refractivity contribution in [2.24, 2.45) is 0 Å². The maximum Gasteiger partial charge on any atom is 0.233 e. The van der Waals surface area contributed by atoms with Crippen LogP contribution in [0.5, 0.6) is 0 Å². The summed E-state index contributed by atoms with van der Waals surface area (Å²) in [4.78, 5) is 18.8. The van der Waals surface area contributed by atoms with E-state index in [-0.39, 0.29) is 5.91 Å². The van der Waals surface area contributed by atoms with Crippen molar-refractivity contribution < 1.29 is 4.79 Å². The van der Waals surface area contributed by atoms with Crippen LogP contribution in [-0.4, -0.2) is 34.6 Å². The van der Waals surface area contributed by atoms with Crippen LogP contribution in [0.4, 0.5) is 0 Å². The lowest BCUT2D eigenvalue weighted by atomic mass is 10.2. The number of rotatable bonds is 8. The molecule has 0 aliphatic carbocycles. The van der Waals surface area contributed by atoms with Crippen molar-refractivity contribution in [3.63, 3.8) is 0 Å².